The van der Waals surface area contributed by atoms with Gasteiger partial charge in [0.1, 0.15) is 0 Å². The number of carbonyl (C=O) groups excluding carboxylic acids is 1. The fourth-order valence-corrected chi connectivity index (χ4v) is 3.27. The molecule has 5 heteroatoms. The van der Waals surface area contributed by atoms with Gasteiger partial charge in [0.05, 0.1) is 4.90 Å². The molecule has 20 heavy (non-hydrogen) atoms. The third-order valence-corrected chi connectivity index (χ3v) is 4.72. The summed E-state index contributed by atoms with van der Waals surface area (Å²) in [7, 11) is -3.56. The second-order valence-corrected chi connectivity index (χ2v) is 6.68. The molecule has 1 unspecified atom stereocenters. The van der Waals surface area contributed by atoms with Gasteiger partial charge in [-0.05, 0) is 25.5 Å². The van der Waals surface area contributed by atoms with Crippen LogP contribution in [0.2, 0.25) is 0 Å². The minimum absolute atomic E-state index is 0.0546. The van der Waals surface area contributed by atoms with E-state index in [1.807, 2.05) is 6.92 Å². The average Bonchev–Trinajstić information content (AvgIpc) is 2.44. The number of hydrogen-bond donors (Lipinski definition) is 1. The maximum Gasteiger partial charge on any atom is 0.240 e. The minimum Gasteiger partial charge on any atom is -0.294 e. The Bertz CT molecular complexity index is 552. The van der Waals surface area contributed by atoms with Gasteiger partial charge in [0.15, 0.2) is 5.78 Å². The standard InChI is InChI=1S/C15H23NO3S/c1-4-6-8-12(3)16-20(18,19)14-10-7-9-13(11-14)15(17)5-2/h7,9-12,16H,4-6,8H2,1-3H3. The molecule has 0 amide bonds. The first kappa shape index (κ1) is 16.9. The zero-order chi connectivity index (χ0) is 15.2. The van der Waals surface area contributed by atoms with Crippen molar-refractivity contribution in [1.82, 2.24) is 4.72 Å². The molecular formula is C15H23NO3S. The molecule has 0 saturated heterocycles. The highest BCUT2D eigenvalue weighted by Gasteiger charge is 2.18. The molecule has 0 radical (unpaired) electrons. The van der Waals surface area contributed by atoms with Gasteiger partial charge >= 0.3 is 0 Å². The number of benzene rings is 1. The quantitative estimate of drug-likeness (QED) is 0.750. The largest absolute Gasteiger partial charge is 0.294 e. The highest BCUT2D eigenvalue weighted by atomic mass is 32.2. The second kappa shape index (κ2) is 7.55. The Morgan fingerprint density at radius 1 is 1.30 bits per heavy atom. The van der Waals surface area contributed by atoms with Gasteiger partial charge in [0.25, 0.3) is 0 Å². The van der Waals surface area contributed by atoms with E-state index >= 15 is 0 Å². The predicted molar refractivity (Wildman–Crippen MR) is 80.4 cm³/mol. The number of nitrogens with one attached hydrogen (secondary N) is 1. The minimum atomic E-state index is -3.56. The number of carbonyl (C=O) groups is 1. The summed E-state index contributed by atoms with van der Waals surface area (Å²) in [6.45, 7) is 5.68. The van der Waals surface area contributed by atoms with Crippen LogP contribution in [0.15, 0.2) is 29.2 Å². The van der Waals surface area contributed by atoms with E-state index in [0.29, 0.717) is 12.0 Å². The van der Waals surface area contributed by atoms with Gasteiger partial charge in [-0.15, -0.1) is 0 Å². The van der Waals surface area contributed by atoms with E-state index in [-0.39, 0.29) is 16.7 Å². The topological polar surface area (TPSA) is 63.2 Å². The summed E-state index contributed by atoms with van der Waals surface area (Å²) < 4.78 is 27.1. The lowest BCUT2D eigenvalue weighted by Gasteiger charge is -2.14. The molecule has 0 bridgehead atoms. The first-order chi connectivity index (χ1) is 9.40. The van der Waals surface area contributed by atoms with E-state index in [1.165, 1.54) is 12.1 Å². The molecule has 0 aliphatic heterocycles. The molecule has 1 N–H and O–H groups in total. The Balaban J connectivity index is 2.90. The molecule has 1 rings (SSSR count). The number of sulfonamides is 1. The van der Waals surface area contributed by atoms with Gasteiger partial charge in [0.2, 0.25) is 10.0 Å². The van der Waals surface area contributed by atoms with Crippen molar-refractivity contribution in [3.63, 3.8) is 0 Å². The number of rotatable bonds is 8. The molecule has 112 valence electrons. The molecule has 0 heterocycles. The van der Waals surface area contributed by atoms with Crippen LogP contribution in [0, 0.1) is 0 Å². The van der Waals surface area contributed by atoms with Gasteiger partial charge in [-0.25, -0.2) is 13.1 Å². The van der Waals surface area contributed by atoms with Crippen molar-refractivity contribution >= 4 is 15.8 Å². The number of ketones is 1. The summed E-state index contributed by atoms with van der Waals surface area (Å²) in [5, 5.41) is 0. The Labute approximate surface area is 121 Å². The predicted octanol–water partition coefficient (Wildman–Crippen LogP) is 3.14. The maximum atomic E-state index is 12.2. The van der Waals surface area contributed by atoms with Crippen molar-refractivity contribution < 1.29 is 13.2 Å². The molecule has 1 atom stereocenters. The van der Waals surface area contributed by atoms with Crippen LogP contribution < -0.4 is 4.72 Å². The van der Waals surface area contributed by atoms with Crippen LogP contribution in [0.4, 0.5) is 0 Å². The summed E-state index contributed by atoms with van der Waals surface area (Å²) in [6.07, 6.45) is 3.19. The Morgan fingerprint density at radius 2 is 2.00 bits per heavy atom. The van der Waals surface area contributed by atoms with Crippen molar-refractivity contribution in [2.75, 3.05) is 0 Å². The summed E-state index contributed by atoms with van der Waals surface area (Å²) in [6, 6.07) is 6.10. The molecular weight excluding hydrogens is 274 g/mol. The van der Waals surface area contributed by atoms with Crippen LogP contribution in [0.3, 0.4) is 0 Å². The normalized spacial score (nSPS) is 13.2. The molecule has 0 aromatic heterocycles. The van der Waals surface area contributed by atoms with Crippen molar-refractivity contribution in [2.45, 2.75) is 57.4 Å². The van der Waals surface area contributed by atoms with Crippen molar-refractivity contribution in [3.05, 3.63) is 29.8 Å². The summed E-state index contributed by atoms with van der Waals surface area (Å²) >= 11 is 0. The van der Waals surface area contributed by atoms with Crippen molar-refractivity contribution in [1.29, 1.82) is 0 Å². The van der Waals surface area contributed by atoms with E-state index in [4.69, 9.17) is 0 Å². The van der Waals surface area contributed by atoms with Crippen molar-refractivity contribution in [3.8, 4) is 0 Å². The van der Waals surface area contributed by atoms with Gasteiger partial charge in [0, 0.05) is 18.0 Å². The lowest BCUT2D eigenvalue weighted by molar-refractivity contribution is 0.0988. The maximum absolute atomic E-state index is 12.2. The smallest absolute Gasteiger partial charge is 0.240 e. The SMILES string of the molecule is CCCCC(C)NS(=O)(=O)c1cccc(C(=O)CC)c1. The Kier molecular flexibility index (Phi) is 6.36. The molecule has 1 aromatic carbocycles. The number of Topliss-reactive ketones (excluding diaryl/α,β-unsaturated/α-hetero) is 1. The van der Waals surface area contributed by atoms with E-state index in [2.05, 4.69) is 11.6 Å². The summed E-state index contributed by atoms with van der Waals surface area (Å²) in [5.41, 5.74) is 0.441. The number of hydrogen-bond acceptors (Lipinski definition) is 3. The van der Waals surface area contributed by atoms with E-state index in [1.54, 1.807) is 19.1 Å². The summed E-state index contributed by atoms with van der Waals surface area (Å²) in [5.74, 6) is -0.0546. The van der Waals surface area contributed by atoms with E-state index in [0.717, 1.165) is 19.3 Å². The monoisotopic (exact) mass is 297 g/mol. The average molecular weight is 297 g/mol. The third kappa shape index (κ3) is 4.72. The molecule has 0 aliphatic carbocycles. The van der Waals surface area contributed by atoms with Crippen LogP contribution in [0.25, 0.3) is 0 Å². The lowest BCUT2D eigenvalue weighted by Crippen LogP contribution is -2.32. The first-order valence-corrected chi connectivity index (χ1v) is 8.54. The zero-order valence-corrected chi connectivity index (χ0v) is 13.2. The van der Waals surface area contributed by atoms with Crippen LogP contribution >= 0.6 is 0 Å². The Hall–Kier alpha value is -1.20. The highest BCUT2D eigenvalue weighted by molar-refractivity contribution is 7.89. The summed E-state index contributed by atoms with van der Waals surface area (Å²) in [4.78, 5) is 11.8. The molecule has 0 fully saturated rings. The van der Waals surface area contributed by atoms with E-state index in [9.17, 15) is 13.2 Å². The first-order valence-electron chi connectivity index (χ1n) is 7.06. The van der Waals surface area contributed by atoms with E-state index < -0.39 is 10.0 Å². The van der Waals surface area contributed by atoms with Crippen molar-refractivity contribution in [2.24, 2.45) is 0 Å². The van der Waals surface area contributed by atoms with Gasteiger partial charge < -0.3 is 0 Å². The second-order valence-electron chi connectivity index (χ2n) is 4.97. The van der Waals surface area contributed by atoms with Crippen LogP contribution in [0.1, 0.15) is 56.8 Å². The van der Waals surface area contributed by atoms with Crippen LogP contribution in [-0.4, -0.2) is 20.2 Å². The fourth-order valence-electron chi connectivity index (χ4n) is 1.94. The molecule has 0 aliphatic rings. The molecule has 1 aromatic rings. The van der Waals surface area contributed by atoms with Gasteiger partial charge in [-0.3, -0.25) is 4.79 Å². The molecule has 0 spiro atoms. The molecule has 4 nitrogen and oxygen atoms in total. The van der Waals surface area contributed by atoms with Crippen LogP contribution in [-0.2, 0) is 10.0 Å². The Morgan fingerprint density at radius 3 is 2.60 bits per heavy atom. The fraction of sp³-hybridized carbons (Fsp3) is 0.533. The van der Waals surface area contributed by atoms with Gasteiger partial charge in [-0.2, -0.15) is 0 Å². The van der Waals surface area contributed by atoms with Crippen LogP contribution in [0.5, 0.6) is 0 Å². The van der Waals surface area contributed by atoms with Gasteiger partial charge in [-0.1, -0.05) is 38.8 Å². The number of unbranched alkanes of at least 4 members (excludes halogenated alkanes) is 1. The zero-order valence-electron chi connectivity index (χ0n) is 12.3. The highest BCUT2D eigenvalue weighted by Crippen LogP contribution is 2.14. The molecule has 0 saturated carbocycles. The third-order valence-electron chi connectivity index (χ3n) is 3.13. The lowest BCUT2D eigenvalue weighted by atomic mass is 10.1.